The minimum atomic E-state index is 0.326. The lowest BCUT2D eigenvalue weighted by Gasteiger charge is -2.13. The first-order valence-corrected chi connectivity index (χ1v) is 8.98. The molecule has 0 aliphatic heterocycles. The van der Waals surface area contributed by atoms with E-state index < -0.39 is 0 Å². The van der Waals surface area contributed by atoms with Crippen molar-refractivity contribution in [2.45, 2.75) is 32.9 Å². The molecule has 3 aromatic rings. The lowest BCUT2D eigenvalue weighted by Crippen LogP contribution is -2.23. The fourth-order valence-corrected chi connectivity index (χ4v) is 3.11. The second kappa shape index (κ2) is 8.07. The lowest BCUT2D eigenvalue weighted by molar-refractivity contribution is 0.306. The summed E-state index contributed by atoms with van der Waals surface area (Å²) in [5.74, 6) is 1.22. The maximum Gasteiger partial charge on any atom is 0.124 e. The number of nitrogens with two attached hydrogens (primary N) is 1. The summed E-state index contributed by atoms with van der Waals surface area (Å²) in [6.07, 6.45) is 0.834. The summed E-state index contributed by atoms with van der Waals surface area (Å²) in [5, 5.41) is 13.6. The Morgan fingerprint density at radius 1 is 1.19 bits per heavy atom. The molecule has 0 aliphatic carbocycles. The van der Waals surface area contributed by atoms with Gasteiger partial charge in [-0.25, -0.2) is 4.98 Å². The van der Waals surface area contributed by atoms with Crippen LogP contribution in [0.2, 0.25) is 0 Å². The van der Waals surface area contributed by atoms with Gasteiger partial charge < -0.3 is 15.8 Å². The summed E-state index contributed by atoms with van der Waals surface area (Å²) < 4.78 is 5.97. The van der Waals surface area contributed by atoms with Crippen molar-refractivity contribution < 1.29 is 4.74 Å². The van der Waals surface area contributed by atoms with Gasteiger partial charge in [-0.05, 0) is 74.3 Å². The number of rotatable bonds is 6. The number of nitriles is 1. The van der Waals surface area contributed by atoms with Gasteiger partial charge in [0, 0.05) is 11.4 Å². The molecule has 0 spiro atoms. The zero-order valence-electron chi connectivity index (χ0n) is 15.9. The van der Waals surface area contributed by atoms with Crippen molar-refractivity contribution in [1.29, 1.82) is 5.26 Å². The Morgan fingerprint density at radius 2 is 2.00 bits per heavy atom. The molecule has 3 rings (SSSR count). The van der Waals surface area contributed by atoms with Gasteiger partial charge in [0.2, 0.25) is 0 Å². The molecular formula is C22H24N4O. The summed E-state index contributed by atoms with van der Waals surface area (Å²) in [6.45, 7) is 4.54. The number of benzene rings is 2. The van der Waals surface area contributed by atoms with Crippen LogP contribution in [0.15, 0.2) is 42.5 Å². The number of ether oxygens (including phenoxy) is 1. The van der Waals surface area contributed by atoms with E-state index >= 15 is 0 Å². The normalized spacial score (nSPS) is 11.9. The van der Waals surface area contributed by atoms with Crippen molar-refractivity contribution in [2.24, 2.45) is 0 Å². The second-order valence-corrected chi connectivity index (χ2v) is 6.88. The van der Waals surface area contributed by atoms with E-state index in [9.17, 15) is 5.26 Å². The Labute approximate surface area is 159 Å². The van der Waals surface area contributed by atoms with Crippen molar-refractivity contribution in [3.8, 4) is 11.8 Å². The molecular weight excluding hydrogens is 336 g/mol. The molecule has 0 aliphatic rings. The van der Waals surface area contributed by atoms with E-state index in [0.29, 0.717) is 29.8 Å². The molecule has 5 heteroatoms. The van der Waals surface area contributed by atoms with Gasteiger partial charge in [0.15, 0.2) is 0 Å². The van der Waals surface area contributed by atoms with Gasteiger partial charge in [0.1, 0.15) is 18.2 Å². The van der Waals surface area contributed by atoms with Crippen LogP contribution in [-0.2, 0) is 13.0 Å². The third kappa shape index (κ3) is 4.55. The largest absolute Gasteiger partial charge is 0.489 e. The van der Waals surface area contributed by atoms with E-state index in [-0.39, 0.29) is 0 Å². The highest BCUT2D eigenvalue weighted by atomic mass is 16.5. The maximum atomic E-state index is 9.29. The lowest BCUT2D eigenvalue weighted by atomic mass is 10.0. The molecule has 1 heterocycles. The topological polar surface area (TPSA) is 84.0 Å². The van der Waals surface area contributed by atoms with Crippen LogP contribution in [-0.4, -0.2) is 18.1 Å². The molecule has 27 heavy (non-hydrogen) atoms. The molecule has 3 N–H and O–H groups in total. The highest BCUT2D eigenvalue weighted by Crippen LogP contribution is 2.23. The van der Waals surface area contributed by atoms with Crippen molar-refractivity contribution >= 4 is 16.7 Å². The van der Waals surface area contributed by atoms with Crippen molar-refractivity contribution in [2.75, 3.05) is 12.8 Å². The van der Waals surface area contributed by atoms with Crippen LogP contribution in [0.25, 0.3) is 10.9 Å². The predicted octanol–water partition coefficient (Wildman–Crippen LogP) is 3.73. The number of anilines is 1. The molecule has 0 radical (unpaired) electrons. The predicted molar refractivity (Wildman–Crippen MR) is 109 cm³/mol. The third-order valence-electron chi connectivity index (χ3n) is 4.64. The third-order valence-corrected chi connectivity index (χ3v) is 4.64. The highest BCUT2D eigenvalue weighted by Gasteiger charge is 2.07. The van der Waals surface area contributed by atoms with E-state index in [0.717, 1.165) is 34.0 Å². The second-order valence-electron chi connectivity index (χ2n) is 6.88. The minimum Gasteiger partial charge on any atom is -0.489 e. The van der Waals surface area contributed by atoms with Crippen LogP contribution in [0, 0.1) is 18.3 Å². The summed E-state index contributed by atoms with van der Waals surface area (Å²) in [6, 6.07) is 16.2. The average Bonchev–Trinajstić information content (AvgIpc) is 2.65. The van der Waals surface area contributed by atoms with E-state index in [1.807, 2.05) is 50.4 Å². The van der Waals surface area contributed by atoms with Crippen LogP contribution in [0.3, 0.4) is 0 Å². The van der Waals surface area contributed by atoms with Crippen LogP contribution in [0.5, 0.6) is 5.75 Å². The average molecular weight is 360 g/mol. The molecule has 2 aromatic carbocycles. The van der Waals surface area contributed by atoms with Gasteiger partial charge in [0.25, 0.3) is 0 Å². The first kappa shape index (κ1) is 18.7. The number of nitrogen functional groups attached to an aromatic ring is 1. The first-order valence-electron chi connectivity index (χ1n) is 8.98. The van der Waals surface area contributed by atoms with E-state index in [1.165, 1.54) is 0 Å². The molecule has 1 atom stereocenters. The smallest absolute Gasteiger partial charge is 0.124 e. The number of hydrogen-bond acceptors (Lipinski definition) is 5. The van der Waals surface area contributed by atoms with Crippen LogP contribution in [0.4, 0.5) is 5.82 Å². The minimum absolute atomic E-state index is 0.326. The Kier molecular flexibility index (Phi) is 5.58. The monoisotopic (exact) mass is 360 g/mol. The molecule has 0 bridgehead atoms. The number of hydrogen-bond donors (Lipinski definition) is 2. The van der Waals surface area contributed by atoms with Gasteiger partial charge in [0.05, 0.1) is 17.1 Å². The standard InChI is InChI=1S/C22H24N4O/c1-14-6-22(24)26-21-11-16(4-5-20(14)21)13-27-19-9-17(7-15(2)25-3)8-18(10-19)12-23/h4-6,8-11,15,25H,7,13H2,1-3H3,(H2,24,26). The summed E-state index contributed by atoms with van der Waals surface area (Å²) in [4.78, 5) is 4.41. The van der Waals surface area contributed by atoms with E-state index in [4.69, 9.17) is 10.5 Å². The van der Waals surface area contributed by atoms with Crippen LogP contribution < -0.4 is 15.8 Å². The summed E-state index contributed by atoms with van der Waals surface area (Å²) in [5.41, 5.74) is 10.5. The number of pyridine rings is 1. The summed E-state index contributed by atoms with van der Waals surface area (Å²) in [7, 11) is 1.93. The maximum absolute atomic E-state index is 9.29. The Morgan fingerprint density at radius 3 is 2.74 bits per heavy atom. The van der Waals surface area contributed by atoms with Gasteiger partial charge in [-0.2, -0.15) is 5.26 Å². The number of aryl methyl sites for hydroxylation is 1. The zero-order valence-corrected chi connectivity index (χ0v) is 15.9. The van der Waals surface area contributed by atoms with Gasteiger partial charge in [-0.1, -0.05) is 12.1 Å². The number of nitrogens with zero attached hydrogens (tertiary/aromatic N) is 2. The van der Waals surface area contributed by atoms with Crippen molar-refractivity contribution in [1.82, 2.24) is 10.3 Å². The molecule has 0 saturated carbocycles. The zero-order chi connectivity index (χ0) is 19.4. The Bertz CT molecular complexity index is 1010. The SMILES string of the molecule is CNC(C)Cc1cc(C#N)cc(OCc2ccc3c(C)cc(N)nc3c2)c1. The molecule has 0 saturated heterocycles. The number of nitrogens with one attached hydrogen (secondary N) is 1. The van der Waals surface area contributed by atoms with Gasteiger partial charge in [-0.3, -0.25) is 0 Å². The van der Waals surface area contributed by atoms with Gasteiger partial charge in [-0.15, -0.1) is 0 Å². The molecule has 138 valence electrons. The quantitative estimate of drug-likeness (QED) is 0.700. The fourth-order valence-electron chi connectivity index (χ4n) is 3.11. The molecule has 0 fully saturated rings. The first-order chi connectivity index (χ1) is 13.0. The van der Waals surface area contributed by atoms with E-state index in [2.05, 4.69) is 23.3 Å². The van der Waals surface area contributed by atoms with Crippen LogP contribution in [0.1, 0.15) is 29.2 Å². The fraction of sp³-hybridized carbons (Fsp3) is 0.273. The van der Waals surface area contributed by atoms with Crippen molar-refractivity contribution in [3.63, 3.8) is 0 Å². The molecule has 1 aromatic heterocycles. The number of fused-ring (bicyclic) bond motifs is 1. The van der Waals surface area contributed by atoms with E-state index in [1.54, 1.807) is 6.07 Å². The van der Waals surface area contributed by atoms with Crippen LogP contribution >= 0.6 is 0 Å². The number of likely N-dealkylation sites (N-methyl/N-ethyl adjacent to an activating group) is 1. The Balaban J connectivity index is 1.81. The highest BCUT2D eigenvalue weighted by molar-refractivity contribution is 5.84. The molecule has 5 nitrogen and oxygen atoms in total. The summed E-state index contributed by atoms with van der Waals surface area (Å²) >= 11 is 0. The van der Waals surface area contributed by atoms with Gasteiger partial charge >= 0.3 is 0 Å². The van der Waals surface area contributed by atoms with Crippen molar-refractivity contribution in [3.05, 3.63) is 64.7 Å². The molecule has 0 amide bonds. The Hall–Kier alpha value is -3.10. The molecule has 1 unspecified atom stereocenters. The number of aromatic nitrogens is 1.